The molecule has 0 radical (unpaired) electrons. The zero-order valence-corrected chi connectivity index (χ0v) is 18.6. The summed E-state index contributed by atoms with van der Waals surface area (Å²) in [6.07, 6.45) is -0.135. The Morgan fingerprint density at radius 1 is 1.09 bits per heavy atom. The number of aryl methyl sites for hydroxylation is 1. The molecule has 2 aromatic carbocycles. The summed E-state index contributed by atoms with van der Waals surface area (Å²) in [5.41, 5.74) is 5.34. The molecule has 5 rings (SSSR count). The number of amides is 2. The summed E-state index contributed by atoms with van der Waals surface area (Å²) in [7, 11) is 1.61. The van der Waals surface area contributed by atoms with Gasteiger partial charge >= 0.3 is 12.1 Å². The normalized spacial score (nSPS) is 16.4. The molecule has 0 saturated carbocycles. The second kappa shape index (κ2) is 8.66. The highest BCUT2D eigenvalue weighted by Crippen LogP contribution is 2.44. The molecule has 1 aromatic heterocycles. The van der Waals surface area contributed by atoms with Crippen molar-refractivity contribution in [1.29, 1.82) is 0 Å². The fourth-order valence-corrected chi connectivity index (χ4v) is 4.66. The number of benzene rings is 2. The van der Waals surface area contributed by atoms with Crippen molar-refractivity contribution in [3.8, 4) is 11.1 Å². The first-order valence-electron chi connectivity index (χ1n) is 11.1. The first-order valence-corrected chi connectivity index (χ1v) is 11.1. The summed E-state index contributed by atoms with van der Waals surface area (Å²) < 4.78 is 6.92. The Kier molecular flexibility index (Phi) is 5.53. The lowest BCUT2D eigenvalue weighted by Gasteiger charge is -2.37. The van der Waals surface area contributed by atoms with Crippen LogP contribution in [0.3, 0.4) is 0 Å². The van der Waals surface area contributed by atoms with Gasteiger partial charge in [0.25, 0.3) is 5.91 Å². The molecule has 1 fully saturated rings. The molecule has 0 bridgehead atoms. The Bertz CT molecular complexity index is 1240. The van der Waals surface area contributed by atoms with Crippen LogP contribution in [0.15, 0.2) is 54.6 Å². The largest absolute Gasteiger partial charge is 0.480 e. The van der Waals surface area contributed by atoms with Crippen LogP contribution in [0.2, 0.25) is 0 Å². The van der Waals surface area contributed by atoms with Gasteiger partial charge in [-0.3, -0.25) is 9.48 Å². The molecule has 1 aliphatic carbocycles. The van der Waals surface area contributed by atoms with Gasteiger partial charge in [-0.2, -0.15) is 5.10 Å². The number of nitrogens with one attached hydrogen (secondary N) is 1. The van der Waals surface area contributed by atoms with Crippen LogP contribution in [0.5, 0.6) is 0 Å². The molecule has 1 unspecified atom stereocenters. The van der Waals surface area contributed by atoms with E-state index in [0.717, 1.165) is 22.3 Å². The highest BCUT2D eigenvalue weighted by molar-refractivity contribution is 5.96. The van der Waals surface area contributed by atoms with Crippen molar-refractivity contribution in [2.75, 3.05) is 13.2 Å². The van der Waals surface area contributed by atoms with Crippen molar-refractivity contribution < 1.29 is 24.2 Å². The van der Waals surface area contributed by atoms with Gasteiger partial charge in [-0.25, -0.2) is 9.59 Å². The van der Waals surface area contributed by atoms with Crippen LogP contribution in [-0.4, -0.2) is 57.0 Å². The minimum atomic E-state index is -1.01. The second-order valence-electron chi connectivity index (χ2n) is 8.46. The molecule has 9 heteroatoms. The van der Waals surface area contributed by atoms with E-state index in [1.165, 1.54) is 9.58 Å². The minimum Gasteiger partial charge on any atom is -0.480 e. The number of ether oxygens (including phenoxy) is 1. The summed E-state index contributed by atoms with van der Waals surface area (Å²) in [4.78, 5) is 37.6. The van der Waals surface area contributed by atoms with Crippen molar-refractivity contribution in [2.45, 2.75) is 24.9 Å². The maximum Gasteiger partial charge on any atom is 0.407 e. The Morgan fingerprint density at radius 2 is 1.74 bits per heavy atom. The fraction of sp³-hybridized carbons (Fsp3) is 0.280. The third-order valence-corrected chi connectivity index (χ3v) is 6.47. The SMILES string of the molecule is Cn1nc(CNC(=O)OCC2c3ccccc3-c3ccccc32)cc1C(=O)N1CCC1C(=O)O. The van der Waals surface area contributed by atoms with E-state index in [9.17, 15) is 19.5 Å². The highest BCUT2D eigenvalue weighted by Gasteiger charge is 2.39. The molecular weight excluding hydrogens is 436 g/mol. The van der Waals surface area contributed by atoms with Gasteiger partial charge in [0, 0.05) is 19.5 Å². The number of hydrogen-bond donors (Lipinski definition) is 2. The number of carbonyl (C=O) groups excluding carboxylic acids is 2. The van der Waals surface area contributed by atoms with E-state index >= 15 is 0 Å². The summed E-state index contributed by atoms with van der Waals surface area (Å²) in [5, 5.41) is 16.1. The average molecular weight is 460 g/mol. The van der Waals surface area contributed by atoms with Crippen LogP contribution in [0.4, 0.5) is 4.79 Å². The average Bonchev–Trinajstić information content (AvgIpc) is 3.33. The van der Waals surface area contributed by atoms with Gasteiger partial charge in [0.15, 0.2) is 0 Å². The molecule has 1 saturated heterocycles. The number of rotatable bonds is 6. The molecule has 3 aromatic rings. The summed E-state index contributed by atoms with van der Waals surface area (Å²) in [6, 6.07) is 17.0. The maximum atomic E-state index is 12.7. The zero-order chi connectivity index (χ0) is 23.8. The molecule has 1 atom stereocenters. The van der Waals surface area contributed by atoms with Gasteiger partial charge in [-0.15, -0.1) is 0 Å². The molecule has 0 spiro atoms. The number of hydrogen-bond acceptors (Lipinski definition) is 5. The Hall–Kier alpha value is -4.14. The summed E-state index contributed by atoms with van der Waals surface area (Å²) >= 11 is 0. The topological polar surface area (TPSA) is 114 Å². The maximum absolute atomic E-state index is 12.7. The zero-order valence-electron chi connectivity index (χ0n) is 18.6. The van der Waals surface area contributed by atoms with Crippen LogP contribution in [0, 0.1) is 0 Å². The molecule has 2 aliphatic rings. The van der Waals surface area contributed by atoms with E-state index in [0.29, 0.717) is 18.7 Å². The lowest BCUT2D eigenvalue weighted by molar-refractivity contribution is -0.146. The van der Waals surface area contributed by atoms with E-state index in [1.807, 2.05) is 24.3 Å². The number of aliphatic carboxylic acids is 1. The lowest BCUT2D eigenvalue weighted by Crippen LogP contribution is -2.55. The number of carbonyl (C=O) groups is 3. The van der Waals surface area contributed by atoms with Crippen molar-refractivity contribution in [3.05, 3.63) is 77.1 Å². The smallest absolute Gasteiger partial charge is 0.407 e. The van der Waals surface area contributed by atoms with Crippen molar-refractivity contribution in [1.82, 2.24) is 20.0 Å². The molecular formula is C25H24N4O5. The van der Waals surface area contributed by atoms with Crippen molar-refractivity contribution >= 4 is 18.0 Å². The molecule has 2 N–H and O–H groups in total. The van der Waals surface area contributed by atoms with E-state index in [1.54, 1.807) is 13.1 Å². The number of carboxylic acids is 1. The van der Waals surface area contributed by atoms with Crippen LogP contribution in [0.1, 0.15) is 39.6 Å². The molecule has 2 amide bonds. The van der Waals surface area contributed by atoms with Crippen molar-refractivity contribution in [3.63, 3.8) is 0 Å². The molecule has 174 valence electrons. The predicted molar refractivity (Wildman–Crippen MR) is 122 cm³/mol. The van der Waals surface area contributed by atoms with Crippen LogP contribution < -0.4 is 5.32 Å². The number of carboxylic acid groups (broad SMARTS) is 1. The minimum absolute atomic E-state index is 0.0315. The second-order valence-corrected chi connectivity index (χ2v) is 8.46. The molecule has 1 aliphatic heterocycles. The van der Waals surface area contributed by atoms with Gasteiger partial charge in [0.1, 0.15) is 18.3 Å². The summed E-state index contributed by atoms with van der Waals surface area (Å²) in [5.74, 6) is -1.43. The number of likely N-dealkylation sites (tertiary alicyclic amines) is 1. The number of fused-ring (bicyclic) bond motifs is 3. The van der Waals surface area contributed by atoms with E-state index < -0.39 is 18.1 Å². The molecule has 9 nitrogen and oxygen atoms in total. The lowest BCUT2D eigenvalue weighted by atomic mass is 9.98. The van der Waals surface area contributed by atoms with E-state index in [-0.39, 0.29) is 30.7 Å². The standard InChI is InChI=1S/C25H24N4O5/c1-28-22(23(30)29-11-10-21(29)24(31)32)12-15(27-28)13-26-25(33)34-14-20-18-8-4-2-6-16(18)17-7-3-5-9-19(17)20/h2-9,12,20-21H,10-11,13-14H2,1H3,(H,26,33)(H,31,32). The quantitative estimate of drug-likeness (QED) is 0.585. The van der Waals surface area contributed by atoms with Crippen LogP contribution in [-0.2, 0) is 23.1 Å². The fourth-order valence-electron chi connectivity index (χ4n) is 4.66. The Balaban J connectivity index is 1.19. The van der Waals surface area contributed by atoms with Crippen molar-refractivity contribution in [2.24, 2.45) is 7.05 Å². The summed E-state index contributed by atoms with van der Waals surface area (Å²) in [6.45, 7) is 0.686. The van der Waals surface area contributed by atoms with Crippen LogP contribution in [0.25, 0.3) is 11.1 Å². The molecule has 2 heterocycles. The Labute approximate surface area is 195 Å². The van der Waals surface area contributed by atoms with E-state index in [4.69, 9.17) is 4.74 Å². The first-order chi connectivity index (χ1) is 16.4. The van der Waals surface area contributed by atoms with Gasteiger partial charge < -0.3 is 20.1 Å². The first kappa shape index (κ1) is 21.7. The third kappa shape index (κ3) is 3.79. The number of alkyl carbamates (subject to hydrolysis) is 1. The van der Waals surface area contributed by atoms with Gasteiger partial charge in [-0.05, 0) is 34.7 Å². The highest BCUT2D eigenvalue weighted by atomic mass is 16.5. The number of nitrogens with zero attached hydrogens (tertiary/aromatic N) is 3. The van der Waals surface area contributed by atoms with Gasteiger partial charge in [0.05, 0.1) is 12.2 Å². The van der Waals surface area contributed by atoms with Gasteiger partial charge in [-0.1, -0.05) is 48.5 Å². The predicted octanol–water partition coefficient (Wildman–Crippen LogP) is 2.76. The molecule has 34 heavy (non-hydrogen) atoms. The number of aromatic nitrogens is 2. The third-order valence-electron chi connectivity index (χ3n) is 6.47. The van der Waals surface area contributed by atoms with Crippen LogP contribution >= 0.6 is 0 Å². The van der Waals surface area contributed by atoms with Gasteiger partial charge in [0.2, 0.25) is 0 Å². The van der Waals surface area contributed by atoms with E-state index in [2.05, 4.69) is 34.7 Å². The Morgan fingerprint density at radius 3 is 2.32 bits per heavy atom. The monoisotopic (exact) mass is 460 g/mol.